The van der Waals surface area contributed by atoms with Gasteiger partial charge in [-0.1, -0.05) is 13.8 Å². The predicted octanol–water partition coefficient (Wildman–Crippen LogP) is 3.40. The van der Waals surface area contributed by atoms with Gasteiger partial charge in [0.05, 0.1) is 12.2 Å². The Balaban J connectivity index is 2.05. The zero-order valence-corrected chi connectivity index (χ0v) is 16.0. The Morgan fingerprint density at radius 3 is 2.07 bits per heavy atom. The van der Waals surface area contributed by atoms with Crippen molar-refractivity contribution in [1.82, 2.24) is 5.32 Å². The van der Waals surface area contributed by atoms with E-state index in [9.17, 15) is 18.8 Å². The van der Waals surface area contributed by atoms with Crippen molar-refractivity contribution in [2.75, 3.05) is 11.9 Å². The van der Waals surface area contributed by atoms with E-state index in [0.29, 0.717) is 11.3 Å². The van der Waals surface area contributed by atoms with Gasteiger partial charge in [-0.05, 0) is 61.4 Å². The molecule has 0 saturated heterocycles. The molecule has 6 nitrogen and oxygen atoms in total. The minimum absolute atomic E-state index is 0.178. The monoisotopic (exact) mass is 386 g/mol. The number of rotatable bonds is 7. The average Bonchev–Trinajstić information content (AvgIpc) is 2.66. The molecule has 148 valence electrons. The molecule has 0 radical (unpaired) electrons. The second-order valence-corrected chi connectivity index (χ2v) is 6.49. The summed E-state index contributed by atoms with van der Waals surface area (Å²) in [7, 11) is 0. The van der Waals surface area contributed by atoms with Crippen molar-refractivity contribution in [1.29, 1.82) is 0 Å². The van der Waals surface area contributed by atoms with Crippen LogP contribution in [0.2, 0.25) is 0 Å². The fourth-order valence-electron chi connectivity index (χ4n) is 2.48. The lowest BCUT2D eigenvalue weighted by Crippen LogP contribution is -2.47. The minimum Gasteiger partial charge on any atom is -0.462 e. The Kier molecular flexibility index (Phi) is 7.26. The number of hydrogen-bond donors (Lipinski definition) is 2. The molecule has 0 spiro atoms. The van der Waals surface area contributed by atoms with Crippen molar-refractivity contribution in [2.45, 2.75) is 26.8 Å². The van der Waals surface area contributed by atoms with Gasteiger partial charge < -0.3 is 15.4 Å². The topological polar surface area (TPSA) is 84.5 Å². The van der Waals surface area contributed by atoms with Gasteiger partial charge in [-0.15, -0.1) is 0 Å². The Labute approximate surface area is 163 Å². The van der Waals surface area contributed by atoms with Crippen molar-refractivity contribution in [3.05, 3.63) is 65.5 Å². The number of carbonyl (C=O) groups excluding carboxylic acids is 3. The summed E-state index contributed by atoms with van der Waals surface area (Å²) in [6.07, 6.45) is 0. The molecule has 0 aliphatic rings. The molecule has 0 fully saturated rings. The second-order valence-electron chi connectivity index (χ2n) is 6.49. The summed E-state index contributed by atoms with van der Waals surface area (Å²) >= 11 is 0. The number of esters is 1. The summed E-state index contributed by atoms with van der Waals surface area (Å²) in [5, 5.41) is 5.39. The van der Waals surface area contributed by atoms with Crippen LogP contribution in [-0.2, 0) is 9.53 Å². The van der Waals surface area contributed by atoms with E-state index >= 15 is 0 Å². The lowest BCUT2D eigenvalue weighted by molar-refractivity contribution is -0.118. The maximum absolute atomic E-state index is 13.0. The average molecular weight is 386 g/mol. The fraction of sp³-hybridized carbons (Fsp3) is 0.286. The first kappa shape index (κ1) is 21.1. The van der Waals surface area contributed by atoms with Crippen molar-refractivity contribution in [3.8, 4) is 0 Å². The first-order chi connectivity index (χ1) is 13.3. The molecule has 2 amide bonds. The molecule has 0 saturated carbocycles. The van der Waals surface area contributed by atoms with Crippen LogP contribution >= 0.6 is 0 Å². The van der Waals surface area contributed by atoms with Crippen molar-refractivity contribution >= 4 is 23.5 Å². The molecule has 2 rings (SSSR count). The van der Waals surface area contributed by atoms with Crippen LogP contribution in [0, 0.1) is 11.7 Å². The zero-order valence-electron chi connectivity index (χ0n) is 16.0. The van der Waals surface area contributed by atoms with Crippen molar-refractivity contribution in [2.24, 2.45) is 5.92 Å². The van der Waals surface area contributed by atoms with Crippen LogP contribution < -0.4 is 10.6 Å². The molecule has 0 heterocycles. The van der Waals surface area contributed by atoms with E-state index in [2.05, 4.69) is 10.6 Å². The predicted molar refractivity (Wildman–Crippen MR) is 104 cm³/mol. The van der Waals surface area contributed by atoms with Crippen LogP contribution in [0.5, 0.6) is 0 Å². The number of ether oxygens (including phenoxy) is 1. The Bertz CT molecular complexity index is 832. The third-order valence-electron chi connectivity index (χ3n) is 4.01. The minimum atomic E-state index is -0.790. The van der Waals surface area contributed by atoms with E-state index in [1.807, 2.05) is 0 Å². The quantitative estimate of drug-likeness (QED) is 0.715. The highest BCUT2D eigenvalue weighted by molar-refractivity contribution is 6.01. The summed E-state index contributed by atoms with van der Waals surface area (Å²) in [5.74, 6) is -1.92. The molecular weight excluding hydrogens is 363 g/mol. The Morgan fingerprint density at radius 2 is 1.54 bits per heavy atom. The zero-order chi connectivity index (χ0) is 20.7. The smallest absolute Gasteiger partial charge is 0.338 e. The third-order valence-corrected chi connectivity index (χ3v) is 4.01. The molecule has 2 N–H and O–H groups in total. The van der Waals surface area contributed by atoms with Gasteiger partial charge in [0, 0.05) is 11.3 Å². The highest BCUT2D eigenvalue weighted by atomic mass is 19.1. The second kappa shape index (κ2) is 9.64. The Hall–Kier alpha value is -3.22. The molecule has 0 aliphatic carbocycles. The van der Waals surface area contributed by atoms with Gasteiger partial charge in [0.25, 0.3) is 5.91 Å². The van der Waals surface area contributed by atoms with Crippen LogP contribution in [-0.4, -0.2) is 30.4 Å². The van der Waals surface area contributed by atoms with E-state index in [1.165, 1.54) is 24.3 Å². The van der Waals surface area contributed by atoms with Crippen LogP contribution in [0.25, 0.3) is 0 Å². The molecule has 28 heavy (non-hydrogen) atoms. The summed E-state index contributed by atoms with van der Waals surface area (Å²) in [6.45, 7) is 5.61. The van der Waals surface area contributed by atoms with E-state index in [4.69, 9.17) is 4.74 Å². The number of nitrogens with one attached hydrogen (secondary N) is 2. The standard InChI is InChI=1S/C21H23FN2O4/c1-4-28-21(27)15-7-11-17(12-8-15)23-20(26)18(13(2)3)24-19(25)14-5-9-16(22)10-6-14/h5-13,18H,4H2,1-3H3,(H,23,26)(H,24,25)/t18-/m0/s1. The van der Waals surface area contributed by atoms with Gasteiger partial charge in [0.15, 0.2) is 0 Å². The summed E-state index contributed by atoms with van der Waals surface area (Å²) < 4.78 is 17.9. The first-order valence-corrected chi connectivity index (χ1v) is 8.96. The molecule has 2 aromatic carbocycles. The maximum atomic E-state index is 13.0. The van der Waals surface area contributed by atoms with Gasteiger partial charge in [-0.2, -0.15) is 0 Å². The molecule has 0 bridgehead atoms. The molecular formula is C21H23FN2O4. The van der Waals surface area contributed by atoms with E-state index in [0.717, 1.165) is 0 Å². The number of halogens is 1. The highest BCUT2D eigenvalue weighted by Crippen LogP contribution is 2.13. The third kappa shape index (κ3) is 5.64. The van der Waals surface area contributed by atoms with Gasteiger partial charge in [-0.3, -0.25) is 9.59 Å². The fourth-order valence-corrected chi connectivity index (χ4v) is 2.48. The summed E-state index contributed by atoms with van der Waals surface area (Å²) in [4.78, 5) is 36.6. The lowest BCUT2D eigenvalue weighted by Gasteiger charge is -2.22. The maximum Gasteiger partial charge on any atom is 0.338 e. The van der Waals surface area contributed by atoms with Gasteiger partial charge in [0.1, 0.15) is 11.9 Å². The number of benzene rings is 2. The van der Waals surface area contributed by atoms with Crippen LogP contribution in [0.1, 0.15) is 41.5 Å². The normalized spacial score (nSPS) is 11.6. The first-order valence-electron chi connectivity index (χ1n) is 8.96. The van der Waals surface area contributed by atoms with Crippen molar-refractivity contribution in [3.63, 3.8) is 0 Å². The lowest BCUT2D eigenvalue weighted by atomic mass is 10.0. The van der Waals surface area contributed by atoms with Gasteiger partial charge in [0.2, 0.25) is 5.91 Å². The molecule has 2 aromatic rings. The molecule has 0 unspecified atom stereocenters. The number of amides is 2. The number of hydrogen-bond acceptors (Lipinski definition) is 4. The van der Waals surface area contributed by atoms with Crippen LogP contribution in [0.15, 0.2) is 48.5 Å². The summed E-state index contributed by atoms with van der Waals surface area (Å²) in [5.41, 5.74) is 1.13. The van der Waals surface area contributed by atoms with Gasteiger partial charge in [-0.25, -0.2) is 9.18 Å². The highest BCUT2D eigenvalue weighted by Gasteiger charge is 2.25. The molecule has 0 aromatic heterocycles. The molecule has 1 atom stereocenters. The van der Waals surface area contributed by atoms with E-state index in [-0.39, 0.29) is 18.1 Å². The Morgan fingerprint density at radius 1 is 0.964 bits per heavy atom. The SMILES string of the molecule is CCOC(=O)c1ccc(NC(=O)[C@@H](NC(=O)c2ccc(F)cc2)C(C)C)cc1. The molecule has 0 aliphatic heterocycles. The van der Waals surface area contributed by atoms with E-state index in [1.54, 1.807) is 45.0 Å². The van der Waals surface area contributed by atoms with Crippen molar-refractivity contribution < 1.29 is 23.5 Å². The van der Waals surface area contributed by atoms with Crippen LogP contribution in [0.3, 0.4) is 0 Å². The summed E-state index contributed by atoms with van der Waals surface area (Å²) in [6, 6.07) is 10.6. The molecule has 7 heteroatoms. The van der Waals surface area contributed by atoms with E-state index < -0.39 is 29.6 Å². The largest absolute Gasteiger partial charge is 0.462 e. The number of anilines is 1. The van der Waals surface area contributed by atoms with Crippen LogP contribution in [0.4, 0.5) is 10.1 Å². The van der Waals surface area contributed by atoms with Gasteiger partial charge >= 0.3 is 5.97 Å². The number of carbonyl (C=O) groups is 3.